The number of rotatable bonds is 1. The summed E-state index contributed by atoms with van der Waals surface area (Å²) >= 11 is 0. The summed E-state index contributed by atoms with van der Waals surface area (Å²) in [6, 6.07) is 1.45. The minimum atomic E-state index is -0.362. The SMILES string of the molecule is CC(C)(C)c1c(O)cc(O)c(C23CC4CC(CC(C4)C2)C3)c1O. The normalized spacial score (nSPS) is 35.7. The summed E-state index contributed by atoms with van der Waals surface area (Å²) in [5, 5.41) is 31.9. The van der Waals surface area contributed by atoms with Gasteiger partial charge in [0.15, 0.2) is 0 Å². The van der Waals surface area contributed by atoms with Gasteiger partial charge < -0.3 is 15.3 Å². The molecular weight excluding hydrogens is 288 g/mol. The average Bonchev–Trinajstić information content (AvgIpc) is 2.33. The highest BCUT2D eigenvalue weighted by molar-refractivity contribution is 5.61. The van der Waals surface area contributed by atoms with Crippen LogP contribution in [0.2, 0.25) is 0 Å². The molecule has 0 amide bonds. The van der Waals surface area contributed by atoms with Crippen molar-refractivity contribution in [1.29, 1.82) is 0 Å². The monoisotopic (exact) mass is 316 g/mol. The second kappa shape index (κ2) is 4.58. The molecule has 4 aliphatic rings. The van der Waals surface area contributed by atoms with E-state index in [9.17, 15) is 15.3 Å². The summed E-state index contributed by atoms with van der Waals surface area (Å²) in [6.45, 7) is 5.97. The first-order chi connectivity index (χ1) is 10.7. The van der Waals surface area contributed by atoms with Gasteiger partial charge in [-0.2, -0.15) is 0 Å². The Bertz CT molecular complexity index is 619. The Morgan fingerprint density at radius 3 is 1.78 bits per heavy atom. The van der Waals surface area contributed by atoms with Gasteiger partial charge in [-0.05, 0) is 61.7 Å². The van der Waals surface area contributed by atoms with Gasteiger partial charge in [-0.25, -0.2) is 0 Å². The first-order valence-electron chi connectivity index (χ1n) is 8.98. The number of phenols is 3. The first kappa shape index (κ1) is 15.2. The molecule has 4 bridgehead atoms. The third-order valence-electron chi connectivity index (χ3n) is 6.58. The molecule has 3 nitrogen and oxygen atoms in total. The van der Waals surface area contributed by atoms with E-state index in [1.54, 1.807) is 0 Å². The molecule has 126 valence electrons. The van der Waals surface area contributed by atoms with E-state index >= 15 is 0 Å². The van der Waals surface area contributed by atoms with E-state index in [-0.39, 0.29) is 28.1 Å². The summed E-state index contributed by atoms with van der Waals surface area (Å²) < 4.78 is 0. The van der Waals surface area contributed by atoms with E-state index in [0.717, 1.165) is 42.6 Å². The van der Waals surface area contributed by atoms with Crippen molar-refractivity contribution in [1.82, 2.24) is 0 Å². The molecule has 3 heteroatoms. The molecular formula is C20H28O3. The average molecular weight is 316 g/mol. The molecule has 23 heavy (non-hydrogen) atoms. The third kappa shape index (κ3) is 2.15. The van der Waals surface area contributed by atoms with Gasteiger partial charge in [-0.15, -0.1) is 0 Å². The second-order valence-corrected chi connectivity index (χ2v) is 9.46. The van der Waals surface area contributed by atoms with E-state index in [0.29, 0.717) is 5.56 Å². The summed E-state index contributed by atoms with van der Waals surface area (Å²) in [7, 11) is 0. The number of hydrogen-bond donors (Lipinski definition) is 3. The van der Waals surface area contributed by atoms with Gasteiger partial charge in [0, 0.05) is 22.6 Å². The van der Waals surface area contributed by atoms with Crippen LogP contribution in [0.15, 0.2) is 6.07 Å². The van der Waals surface area contributed by atoms with Crippen LogP contribution in [-0.4, -0.2) is 15.3 Å². The lowest BCUT2D eigenvalue weighted by molar-refractivity contribution is -0.00723. The summed E-state index contributed by atoms with van der Waals surface area (Å²) in [6.07, 6.45) is 7.21. The molecule has 0 radical (unpaired) electrons. The summed E-state index contributed by atoms with van der Waals surface area (Å²) in [4.78, 5) is 0. The van der Waals surface area contributed by atoms with Crippen LogP contribution in [0.1, 0.15) is 70.4 Å². The van der Waals surface area contributed by atoms with E-state index in [2.05, 4.69) is 0 Å². The maximum Gasteiger partial charge on any atom is 0.130 e. The molecule has 5 rings (SSSR count). The number of aromatic hydroxyl groups is 3. The van der Waals surface area contributed by atoms with Crippen molar-refractivity contribution in [3.8, 4) is 17.2 Å². The fourth-order valence-corrected chi connectivity index (χ4v) is 6.32. The highest BCUT2D eigenvalue weighted by Gasteiger charge is 2.54. The Kier molecular flexibility index (Phi) is 3.02. The third-order valence-corrected chi connectivity index (χ3v) is 6.58. The van der Waals surface area contributed by atoms with Gasteiger partial charge >= 0.3 is 0 Å². The quantitative estimate of drug-likeness (QED) is 0.711. The fraction of sp³-hybridized carbons (Fsp3) is 0.700. The van der Waals surface area contributed by atoms with Crippen molar-refractivity contribution in [2.24, 2.45) is 17.8 Å². The van der Waals surface area contributed by atoms with Gasteiger partial charge in [0.2, 0.25) is 0 Å². The fourth-order valence-electron chi connectivity index (χ4n) is 6.32. The molecule has 0 aliphatic heterocycles. The topological polar surface area (TPSA) is 60.7 Å². The molecule has 0 heterocycles. The van der Waals surface area contributed by atoms with Crippen molar-refractivity contribution in [2.75, 3.05) is 0 Å². The minimum Gasteiger partial charge on any atom is -0.507 e. The number of hydrogen-bond acceptors (Lipinski definition) is 3. The van der Waals surface area contributed by atoms with Gasteiger partial charge in [-0.3, -0.25) is 0 Å². The van der Waals surface area contributed by atoms with Gasteiger partial charge in [-0.1, -0.05) is 20.8 Å². The van der Waals surface area contributed by atoms with Crippen molar-refractivity contribution in [3.63, 3.8) is 0 Å². The van der Waals surface area contributed by atoms with Crippen LogP contribution in [0.4, 0.5) is 0 Å². The molecule has 1 aromatic carbocycles. The smallest absolute Gasteiger partial charge is 0.130 e. The lowest BCUT2D eigenvalue weighted by atomic mass is 9.47. The Hall–Kier alpha value is -1.38. The Morgan fingerprint density at radius 1 is 0.870 bits per heavy atom. The lowest BCUT2D eigenvalue weighted by Gasteiger charge is -2.57. The van der Waals surface area contributed by atoms with Gasteiger partial charge in [0.25, 0.3) is 0 Å². The Morgan fingerprint density at radius 2 is 1.35 bits per heavy atom. The Labute approximate surface area is 138 Å². The summed E-state index contributed by atoms with van der Waals surface area (Å²) in [5.41, 5.74) is 0.843. The molecule has 0 saturated heterocycles. The predicted octanol–water partition coefficient (Wildman–Crippen LogP) is 4.57. The zero-order chi connectivity index (χ0) is 16.6. The van der Waals surface area contributed by atoms with E-state index < -0.39 is 0 Å². The maximum atomic E-state index is 11.0. The second-order valence-electron chi connectivity index (χ2n) is 9.46. The van der Waals surface area contributed by atoms with Gasteiger partial charge in [0.05, 0.1) is 0 Å². The van der Waals surface area contributed by atoms with E-state index in [1.165, 1.54) is 25.3 Å². The highest BCUT2D eigenvalue weighted by atomic mass is 16.3. The van der Waals surface area contributed by atoms with Crippen molar-refractivity contribution in [3.05, 3.63) is 17.2 Å². The summed E-state index contributed by atoms with van der Waals surface area (Å²) in [5.74, 6) is 2.44. The molecule has 0 spiro atoms. The van der Waals surface area contributed by atoms with Crippen molar-refractivity contribution < 1.29 is 15.3 Å². The van der Waals surface area contributed by atoms with Crippen LogP contribution in [0.3, 0.4) is 0 Å². The molecule has 0 aromatic heterocycles. The number of phenolic OH excluding ortho intramolecular Hbond substituents is 3. The number of benzene rings is 1. The van der Waals surface area contributed by atoms with Crippen LogP contribution >= 0.6 is 0 Å². The zero-order valence-electron chi connectivity index (χ0n) is 14.4. The van der Waals surface area contributed by atoms with Crippen LogP contribution in [0.5, 0.6) is 17.2 Å². The lowest BCUT2D eigenvalue weighted by Crippen LogP contribution is -2.48. The molecule has 4 fully saturated rings. The Balaban J connectivity index is 1.89. The van der Waals surface area contributed by atoms with Crippen molar-refractivity contribution >= 4 is 0 Å². The van der Waals surface area contributed by atoms with Crippen LogP contribution in [0.25, 0.3) is 0 Å². The molecule has 0 atom stereocenters. The molecule has 4 saturated carbocycles. The van der Waals surface area contributed by atoms with Gasteiger partial charge in [0.1, 0.15) is 17.2 Å². The molecule has 0 unspecified atom stereocenters. The highest BCUT2D eigenvalue weighted by Crippen LogP contribution is 2.64. The molecule has 1 aromatic rings. The standard InChI is InChI=1S/C20H28O3/c1-19(2,3)16-14(21)7-15(22)17(18(16)23)20-8-11-4-12(9-20)6-13(5-11)10-20/h7,11-13,21-23H,4-6,8-10H2,1-3H3. The van der Waals surface area contributed by atoms with E-state index in [4.69, 9.17) is 0 Å². The van der Waals surface area contributed by atoms with E-state index in [1.807, 2.05) is 20.8 Å². The minimum absolute atomic E-state index is 0.000906. The van der Waals surface area contributed by atoms with Crippen molar-refractivity contribution in [2.45, 2.75) is 70.1 Å². The maximum absolute atomic E-state index is 11.0. The first-order valence-corrected chi connectivity index (χ1v) is 8.98. The van der Waals surface area contributed by atoms with Crippen LogP contribution < -0.4 is 0 Å². The predicted molar refractivity (Wildman–Crippen MR) is 90.0 cm³/mol. The van der Waals surface area contributed by atoms with Crippen LogP contribution in [-0.2, 0) is 10.8 Å². The molecule has 4 aliphatic carbocycles. The largest absolute Gasteiger partial charge is 0.507 e. The zero-order valence-corrected chi connectivity index (χ0v) is 14.4. The molecule has 3 N–H and O–H groups in total. The van der Waals surface area contributed by atoms with Crippen LogP contribution in [0, 0.1) is 17.8 Å².